The second kappa shape index (κ2) is 7.73. The van der Waals surface area contributed by atoms with Crippen molar-refractivity contribution in [2.24, 2.45) is 17.8 Å². The lowest BCUT2D eigenvalue weighted by atomic mass is 9.48. The highest BCUT2D eigenvalue weighted by Gasteiger charge is 2.51. The van der Waals surface area contributed by atoms with Crippen LogP contribution in [-0.4, -0.2) is 18.5 Å². The van der Waals surface area contributed by atoms with Crippen LogP contribution in [0.3, 0.4) is 0 Å². The minimum atomic E-state index is -0.565. The molecule has 0 heterocycles. The van der Waals surface area contributed by atoms with E-state index in [1.807, 2.05) is 12.1 Å². The van der Waals surface area contributed by atoms with Gasteiger partial charge in [-0.3, -0.25) is 4.79 Å². The molecule has 4 nitrogen and oxygen atoms in total. The van der Waals surface area contributed by atoms with Gasteiger partial charge >= 0.3 is 5.97 Å². The van der Waals surface area contributed by atoms with Crippen molar-refractivity contribution in [1.82, 2.24) is 0 Å². The fourth-order valence-electron chi connectivity index (χ4n) is 6.40. The van der Waals surface area contributed by atoms with Crippen LogP contribution in [0.1, 0.15) is 54.4 Å². The predicted molar refractivity (Wildman–Crippen MR) is 117 cm³/mol. The average molecular weight is 424 g/mol. The molecule has 0 spiro atoms. The van der Waals surface area contributed by atoms with Gasteiger partial charge < -0.3 is 10.1 Å². The second-order valence-electron chi connectivity index (χ2n) is 9.41. The van der Waals surface area contributed by atoms with E-state index in [0.717, 1.165) is 23.4 Å². The van der Waals surface area contributed by atoms with Gasteiger partial charge in [-0.25, -0.2) is 4.79 Å². The molecule has 0 radical (unpaired) electrons. The van der Waals surface area contributed by atoms with Crippen LogP contribution in [0, 0.1) is 17.8 Å². The minimum absolute atomic E-state index is 0.329. The fourth-order valence-corrected chi connectivity index (χ4v) is 6.59. The van der Waals surface area contributed by atoms with E-state index in [0.29, 0.717) is 16.0 Å². The Balaban J connectivity index is 1.18. The van der Waals surface area contributed by atoms with Gasteiger partial charge in [0.05, 0.1) is 5.56 Å². The van der Waals surface area contributed by atoms with Crippen molar-refractivity contribution in [2.45, 2.75) is 43.9 Å². The molecule has 4 saturated carbocycles. The molecule has 0 aromatic heterocycles. The van der Waals surface area contributed by atoms with Crippen molar-refractivity contribution >= 4 is 29.2 Å². The molecule has 4 aliphatic carbocycles. The maximum absolute atomic E-state index is 12.2. The number of amides is 1. The number of benzene rings is 2. The summed E-state index contributed by atoms with van der Waals surface area (Å²) < 4.78 is 5.10. The Morgan fingerprint density at radius 3 is 2.20 bits per heavy atom. The van der Waals surface area contributed by atoms with Gasteiger partial charge in [0.1, 0.15) is 0 Å². The molecule has 0 saturated heterocycles. The quantitative estimate of drug-likeness (QED) is 0.636. The van der Waals surface area contributed by atoms with Crippen LogP contribution in [0.4, 0.5) is 5.69 Å². The van der Waals surface area contributed by atoms with E-state index in [1.54, 1.807) is 18.2 Å². The number of rotatable bonds is 5. The molecule has 4 fully saturated rings. The first-order chi connectivity index (χ1) is 14.5. The number of hydrogen-bond acceptors (Lipinski definition) is 3. The van der Waals surface area contributed by atoms with Gasteiger partial charge in [-0.2, -0.15) is 0 Å². The highest BCUT2D eigenvalue weighted by Crippen LogP contribution is 2.60. The van der Waals surface area contributed by atoms with Crippen LogP contribution in [-0.2, 0) is 14.9 Å². The van der Waals surface area contributed by atoms with Gasteiger partial charge in [-0.05, 0) is 97.6 Å². The summed E-state index contributed by atoms with van der Waals surface area (Å²) in [4.78, 5) is 24.3. The lowest BCUT2D eigenvalue weighted by Crippen LogP contribution is -2.48. The van der Waals surface area contributed by atoms with Gasteiger partial charge in [-0.1, -0.05) is 29.8 Å². The summed E-state index contributed by atoms with van der Waals surface area (Å²) in [5.41, 5.74) is 2.83. The van der Waals surface area contributed by atoms with Crippen molar-refractivity contribution in [3.63, 3.8) is 0 Å². The number of halogens is 1. The molecule has 30 heavy (non-hydrogen) atoms. The van der Waals surface area contributed by atoms with Crippen molar-refractivity contribution < 1.29 is 14.3 Å². The summed E-state index contributed by atoms with van der Waals surface area (Å²) in [7, 11) is 0. The molecule has 5 heteroatoms. The Bertz CT molecular complexity index is 933. The number of esters is 1. The van der Waals surface area contributed by atoms with Crippen molar-refractivity contribution in [3.05, 3.63) is 64.7 Å². The summed E-state index contributed by atoms with van der Waals surface area (Å²) in [5.74, 6) is 1.80. The topological polar surface area (TPSA) is 55.4 Å². The minimum Gasteiger partial charge on any atom is -0.452 e. The van der Waals surface area contributed by atoms with E-state index in [9.17, 15) is 9.59 Å². The van der Waals surface area contributed by atoms with Crippen molar-refractivity contribution in [2.75, 3.05) is 11.9 Å². The lowest BCUT2D eigenvalue weighted by Gasteiger charge is -2.57. The number of anilines is 1. The van der Waals surface area contributed by atoms with Gasteiger partial charge in [0.2, 0.25) is 0 Å². The van der Waals surface area contributed by atoms with Gasteiger partial charge in [0.25, 0.3) is 5.91 Å². The average Bonchev–Trinajstić information content (AvgIpc) is 2.71. The van der Waals surface area contributed by atoms with E-state index >= 15 is 0 Å². The smallest absolute Gasteiger partial charge is 0.338 e. The number of carbonyl (C=O) groups is 2. The highest BCUT2D eigenvalue weighted by molar-refractivity contribution is 6.30. The van der Waals surface area contributed by atoms with Crippen LogP contribution in [0.2, 0.25) is 5.02 Å². The second-order valence-corrected chi connectivity index (χ2v) is 9.85. The molecule has 2 aromatic carbocycles. The Morgan fingerprint density at radius 2 is 1.60 bits per heavy atom. The van der Waals surface area contributed by atoms with Gasteiger partial charge in [0.15, 0.2) is 6.61 Å². The molecule has 156 valence electrons. The first-order valence-electron chi connectivity index (χ1n) is 10.8. The van der Waals surface area contributed by atoms with E-state index in [-0.39, 0.29) is 12.5 Å². The molecule has 0 unspecified atom stereocenters. The number of hydrogen-bond donors (Lipinski definition) is 1. The highest BCUT2D eigenvalue weighted by atomic mass is 35.5. The summed E-state index contributed by atoms with van der Waals surface area (Å²) >= 11 is 5.88. The summed E-state index contributed by atoms with van der Waals surface area (Å²) in [6, 6.07) is 14.8. The summed E-state index contributed by atoms with van der Waals surface area (Å²) in [5, 5.41) is 3.27. The molecule has 0 aliphatic heterocycles. The third kappa shape index (κ3) is 3.85. The number of carbonyl (C=O) groups excluding carboxylic acids is 2. The maximum atomic E-state index is 12.2. The molecule has 2 aromatic rings. The lowest BCUT2D eigenvalue weighted by molar-refractivity contribution is -0.119. The number of ether oxygens (including phenoxy) is 1. The fraction of sp³-hybridized carbons (Fsp3) is 0.440. The van der Waals surface area contributed by atoms with Crippen LogP contribution in [0.25, 0.3) is 0 Å². The standard InChI is InChI=1S/C25H26ClNO3/c26-21-3-1-2-19(11-21)24(29)30-15-23(28)27-22-6-4-20(5-7-22)25-12-16-8-17(13-25)10-18(9-16)14-25/h1-7,11,16-18H,8-10,12-15H2,(H,27,28). The molecule has 4 aliphatic rings. The van der Waals surface area contributed by atoms with E-state index in [4.69, 9.17) is 16.3 Å². The number of nitrogens with one attached hydrogen (secondary N) is 1. The molecule has 1 N–H and O–H groups in total. The zero-order valence-electron chi connectivity index (χ0n) is 16.9. The van der Waals surface area contributed by atoms with E-state index in [1.165, 1.54) is 50.2 Å². The molecule has 4 bridgehead atoms. The van der Waals surface area contributed by atoms with Crippen LogP contribution in [0.5, 0.6) is 0 Å². The molecule has 1 amide bonds. The summed E-state index contributed by atoms with van der Waals surface area (Å²) in [6.45, 7) is -0.331. The Kier molecular flexibility index (Phi) is 5.06. The van der Waals surface area contributed by atoms with Crippen LogP contribution >= 0.6 is 11.6 Å². The molecular formula is C25H26ClNO3. The largest absolute Gasteiger partial charge is 0.452 e. The zero-order valence-corrected chi connectivity index (χ0v) is 17.7. The SMILES string of the molecule is O=C(COC(=O)c1cccc(Cl)c1)Nc1ccc(C23CC4CC(CC(C4)C2)C3)cc1. The van der Waals surface area contributed by atoms with Gasteiger partial charge in [-0.15, -0.1) is 0 Å². The normalized spacial score (nSPS) is 28.9. The first kappa shape index (κ1) is 19.6. The third-order valence-electron chi connectivity index (χ3n) is 7.21. The Morgan fingerprint density at radius 1 is 0.967 bits per heavy atom. The van der Waals surface area contributed by atoms with Crippen LogP contribution in [0.15, 0.2) is 48.5 Å². The third-order valence-corrected chi connectivity index (χ3v) is 7.45. The van der Waals surface area contributed by atoms with Crippen molar-refractivity contribution in [1.29, 1.82) is 0 Å². The zero-order chi connectivity index (χ0) is 20.7. The molecule has 0 atom stereocenters. The maximum Gasteiger partial charge on any atom is 0.338 e. The van der Waals surface area contributed by atoms with E-state index in [2.05, 4.69) is 17.4 Å². The Hall–Kier alpha value is -2.33. The predicted octanol–water partition coefficient (Wildman–Crippen LogP) is 5.60. The summed E-state index contributed by atoms with van der Waals surface area (Å²) in [6.07, 6.45) is 8.27. The molecule has 6 rings (SSSR count). The monoisotopic (exact) mass is 423 g/mol. The Labute approximate surface area is 182 Å². The van der Waals surface area contributed by atoms with E-state index < -0.39 is 5.97 Å². The van der Waals surface area contributed by atoms with Crippen molar-refractivity contribution in [3.8, 4) is 0 Å². The molecular weight excluding hydrogens is 398 g/mol. The van der Waals surface area contributed by atoms with Crippen LogP contribution < -0.4 is 5.32 Å². The first-order valence-corrected chi connectivity index (χ1v) is 11.2. The van der Waals surface area contributed by atoms with Gasteiger partial charge in [0, 0.05) is 10.7 Å².